The van der Waals surface area contributed by atoms with Crippen LogP contribution in [0.2, 0.25) is 0 Å². The van der Waals surface area contributed by atoms with E-state index in [-0.39, 0.29) is 29.6 Å². The number of halogens is 3. The van der Waals surface area contributed by atoms with E-state index < -0.39 is 21.8 Å². The molecule has 194 valence electrons. The second-order valence-corrected chi connectivity index (χ2v) is 11.3. The number of hydrogen-bond donors (Lipinski definition) is 2. The van der Waals surface area contributed by atoms with Gasteiger partial charge in [0.25, 0.3) is 0 Å². The van der Waals surface area contributed by atoms with Crippen molar-refractivity contribution in [2.75, 3.05) is 32.8 Å². The Morgan fingerprint density at radius 2 is 1.68 bits per heavy atom. The minimum Gasteiger partial charge on any atom is -0.392 e. The molecule has 1 aliphatic heterocycles. The molecule has 1 aromatic carbocycles. The molecule has 0 radical (unpaired) electrons. The van der Waals surface area contributed by atoms with Crippen molar-refractivity contribution in [3.8, 4) is 0 Å². The summed E-state index contributed by atoms with van der Waals surface area (Å²) in [6, 6.07) is 3.56. The highest BCUT2D eigenvalue weighted by Gasteiger charge is 2.31. The lowest BCUT2D eigenvalue weighted by Gasteiger charge is -2.28. The van der Waals surface area contributed by atoms with Gasteiger partial charge in [0.2, 0.25) is 10.0 Å². The van der Waals surface area contributed by atoms with E-state index in [1.54, 1.807) is 0 Å². The number of β-amino-alcohol motifs (C(OH)–C–C–N with tert-alkyl or cyclic N) is 1. The van der Waals surface area contributed by atoms with Crippen LogP contribution in [0.1, 0.15) is 63.4 Å². The molecule has 10 heteroatoms. The van der Waals surface area contributed by atoms with Crippen molar-refractivity contribution in [3.05, 3.63) is 29.8 Å². The number of likely N-dealkylation sites (tertiary alicyclic amines) is 1. The molecule has 1 aromatic rings. The lowest BCUT2D eigenvalue weighted by atomic mass is 9.87. The molecule has 6 nitrogen and oxygen atoms in total. The van der Waals surface area contributed by atoms with Gasteiger partial charge in [0.05, 0.1) is 22.7 Å². The number of aliphatic hydroxyl groups excluding tert-OH is 1. The Bertz CT molecular complexity index is 841. The van der Waals surface area contributed by atoms with E-state index in [1.807, 2.05) is 0 Å². The predicted octanol–water partition coefficient (Wildman–Crippen LogP) is 4.19. The number of aliphatic hydroxyl groups is 1. The van der Waals surface area contributed by atoms with E-state index in [0.717, 1.165) is 102 Å². The second kappa shape index (κ2) is 12.7. The Labute approximate surface area is 200 Å². The summed E-state index contributed by atoms with van der Waals surface area (Å²) in [7, 11) is -3.83. The highest BCUT2D eigenvalue weighted by Crippen LogP contribution is 2.30. The molecule has 2 N–H and O–H groups in total. The summed E-state index contributed by atoms with van der Waals surface area (Å²) >= 11 is 0. The van der Waals surface area contributed by atoms with Crippen molar-refractivity contribution >= 4 is 10.0 Å². The molecule has 0 spiro atoms. The van der Waals surface area contributed by atoms with Crippen molar-refractivity contribution in [2.24, 2.45) is 5.92 Å². The van der Waals surface area contributed by atoms with Crippen LogP contribution in [0.4, 0.5) is 13.2 Å². The standard InChI is InChI=1S/C24H37F3N2O4S/c25-24(26,27)20-7-11-23(12-8-20)34(31,32)28-17-19-5-9-22(10-6-19)33-16-4-2-1-3-14-29-15-13-21(30)18-29/h7-8,11-12,19,21-22,28,30H,1-6,9-10,13-18H2. The maximum Gasteiger partial charge on any atom is 0.416 e. The Balaban J connectivity index is 1.25. The van der Waals surface area contributed by atoms with Crippen LogP contribution in [0.3, 0.4) is 0 Å². The van der Waals surface area contributed by atoms with Crippen LogP contribution < -0.4 is 4.72 Å². The molecule has 1 saturated heterocycles. The zero-order valence-electron chi connectivity index (χ0n) is 19.6. The molecule has 34 heavy (non-hydrogen) atoms. The summed E-state index contributed by atoms with van der Waals surface area (Å²) in [5.74, 6) is 0.202. The Kier molecular flexibility index (Phi) is 10.2. The fourth-order valence-corrected chi connectivity index (χ4v) is 5.81. The van der Waals surface area contributed by atoms with Crippen LogP contribution in [0.5, 0.6) is 0 Å². The molecule has 1 aliphatic carbocycles. The maximum absolute atomic E-state index is 12.7. The highest BCUT2D eigenvalue weighted by atomic mass is 32.2. The van der Waals surface area contributed by atoms with Gasteiger partial charge in [0.1, 0.15) is 0 Å². The minimum absolute atomic E-state index is 0.150. The fraction of sp³-hybridized carbons (Fsp3) is 0.750. The molecule has 1 saturated carbocycles. The maximum atomic E-state index is 12.7. The normalized spacial score (nSPS) is 24.5. The van der Waals surface area contributed by atoms with Gasteiger partial charge in [-0.15, -0.1) is 0 Å². The van der Waals surface area contributed by atoms with E-state index in [4.69, 9.17) is 4.74 Å². The zero-order valence-corrected chi connectivity index (χ0v) is 20.4. The van der Waals surface area contributed by atoms with Gasteiger partial charge in [-0.2, -0.15) is 13.2 Å². The summed E-state index contributed by atoms with van der Waals surface area (Å²) in [6.45, 7) is 3.90. The average molecular weight is 507 g/mol. The number of unbranched alkanes of at least 4 members (excludes halogenated alkanes) is 3. The van der Waals surface area contributed by atoms with Crippen LogP contribution in [-0.4, -0.2) is 63.4 Å². The van der Waals surface area contributed by atoms with E-state index in [9.17, 15) is 26.7 Å². The first-order valence-corrected chi connectivity index (χ1v) is 13.8. The number of nitrogens with one attached hydrogen (secondary N) is 1. The first kappa shape index (κ1) is 27.4. The SMILES string of the molecule is O=S(=O)(NCC1CCC(OCCCCCCN2CCC(O)C2)CC1)c1ccc(C(F)(F)F)cc1. The van der Waals surface area contributed by atoms with Crippen LogP contribution in [0.15, 0.2) is 29.2 Å². The molecule has 2 fully saturated rings. The van der Waals surface area contributed by atoms with Crippen molar-refractivity contribution in [3.63, 3.8) is 0 Å². The van der Waals surface area contributed by atoms with Gasteiger partial charge in [-0.25, -0.2) is 13.1 Å². The molecule has 3 rings (SSSR count). The lowest BCUT2D eigenvalue weighted by Crippen LogP contribution is -2.32. The summed E-state index contributed by atoms with van der Waals surface area (Å²) < 4.78 is 71.4. The third-order valence-electron chi connectivity index (χ3n) is 6.82. The largest absolute Gasteiger partial charge is 0.416 e. The first-order chi connectivity index (χ1) is 16.1. The molecule has 1 heterocycles. The number of ether oxygens (including phenoxy) is 1. The summed E-state index contributed by atoms with van der Waals surface area (Å²) in [5.41, 5.74) is -0.868. The Morgan fingerprint density at radius 3 is 2.29 bits per heavy atom. The van der Waals surface area contributed by atoms with Gasteiger partial charge >= 0.3 is 6.18 Å². The molecule has 0 amide bonds. The molecule has 1 unspecified atom stereocenters. The summed E-state index contributed by atoms with van der Waals surface area (Å²) in [6.07, 6.45) is 4.47. The van der Waals surface area contributed by atoms with Gasteiger partial charge in [0, 0.05) is 26.2 Å². The summed E-state index contributed by atoms with van der Waals surface area (Å²) in [4.78, 5) is 2.17. The molecule has 0 bridgehead atoms. The molecular weight excluding hydrogens is 469 g/mol. The monoisotopic (exact) mass is 506 g/mol. The average Bonchev–Trinajstić information content (AvgIpc) is 3.22. The fourth-order valence-electron chi connectivity index (χ4n) is 4.69. The van der Waals surface area contributed by atoms with Crippen molar-refractivity contribution in [1.29, 1.82) is 0 Å². The van der Waals surface area contributed by atoms with E-state index in [1.165, 1.54) is 6.42 Å². The number of benzene rings is 1. The topological polar surface area (TPSA) is 78.9 Å². The van der Waals surface area contributed by atoms with Crippen molar-refractivity contribution < 1.29 is 31.4 Å². The van der Waals surface area contributed by atoms with Gasteiger partial charge in [-0.3, -0.25) is 0 Å². The molecule has 0 aromatic heterocycles. The minimum atomic E-state index is -4.49. The van der Waals surface area contributed by atoms with E-state index >= 15 is 0 Å². The van der Waals surface area contributed by atoms with E-state index in [2.05, 4.69) is 9.62 Å². The number of nitrogens with zero attached hydrogens (tertiary/aromatic N) is 1. The Hall–Kier alpha value is -1.20. The van der Waals surface area contributed by atoms with Crippen LogP contribution in [-0.2, 0) is 20.9 Å². The number of alkyl halides is 3. The van der Waals surface area contributed by atoms with Crippen molar-refractivity contribution in [2.45, 2.75) is 81.1 Å². The van der Waals surface area contributed by atoms with Crippen LogP contribution in [0, 0.1) is 5.92 Å². The van der Waals surface area contributed by atoms with Gasteiger partial charge in [0.15, 0.2) is 0 Å². The smallest absolute Gasteiger partial charge is 0.392 e. The summed E-state index contributed by atoms with van der Waals surface area (Å²) in [5, 5.41) is 9.54. The molecular formula is C24H37F3N2O4S. The zero-order chi connectivity index (χ0) is 24.6. The van der Waals surface area contributed by atoms with Crippen LogP contribution >= 0.6 is 0 Å². The van der Waals surface area contributed by atoms with Gasteiger partial charge < -0.3 is 14.7 Å². The van der Waals surface area contributed by atoms with Crippen molar-refractivity contribution in [1.82, 2.24) is 9.62 Å². The third kappa shape index (κ3) is 8.78. The number of sulfonamides is 1. The number of hydrogen-bond acceptors (Lipinski definition) is 5. The third-order valence-corrected chi connectivity index (χ3v) is 8.26. The van der Waals surface area contributed by atoms with Gasteiger partial charge in [-0.1, -0.05) is 12.8 Å². The van der Waals surface area contributed by atoms with E-state index in [0.29, 0.717) is 0 Å². The molecule has 2 aliphatic rings. The molecule has 1 atom stereocenters. The predicted molar refractivity (Wildman–Crippen MR) is 124 cm³/mol. The highest BCUT2D eigenvalue weighted by molar-refractivity contribution is 7.89. The van der Waals surface area contributed by atoms with Gasteiger partial charge in [-0.05, 0) is 81.7 Å². The second-order valence-electron chi connectivity index (χ2n) is 9.54. The lowest BCUT2D eigenvalue weighted by molar-refractivity contribution is -0.137. The number of rotatable bonds is 12. The Morgan fingerprint density at radius 1 is 1.00 bits per heavy atom. The quantitative estimate of drug-likeness (QED) is 0.416. The first-order valence-electron chi connectivity index (χ1n) is 12.3. The van der Waals surface area contributed by atoms with Crippen LogP contribution in [0.25, 0.3) is 0 Å².